The average molecular weight is 366 g/mol. The molecule has 2 heterocycles. The quantitative estimate of drug-likeness (QED) is 0.882. The number of thiophene rings is 2. The zero-order valence-electron chi connectivity index (χ0n) is 9.64. The van der Waals surface area contributed by atoms with Crippen LogP contribution in [0, 0.1) is 6.92 Å². The highest BCUT2D eigenvalue weighted by Crippen LogP contribution is 2.29. The van der Waals surface area contributed by atoms with Gasteiger partial charge in [0.05, 0.1) is 8.68 Å². The van der Waals surface area contributed by atoms with Gasteiger partial charge in [-0.25, -0.2) is 13.1 Å². The lowest BCUT2D eigenvalue weighted by Gasteiger charge is -2.05. The summed E-state index contributed by atoms with van der Waals surface area (Å²) in [5.74, 6) is 0. The van der Waals surface area contributed by atoms with Gasteiger partial charge in [0.2, 0.25) is 10.0 Å². The molecule has 98 valence electrons. The molecule has 18 heavy (non-hydrogen) atoms. The summed E-state index contributed by atoms with van der Waals surface area (Å²) in [4.78, 5) is 2.34. The molecule has 0 aliphatic heterocycles. The molecule has 0 amide bonds. The Kier molecular flexibility index (Phi) is 4.60. The summed E-state index contributed by atoms with van der Waals surface area (Å²) in [6, 6.07) is 5.62. The van der Waals surface area contributed by atoms with Gasteiger partial charge in [-0.3, -0.25) is 0 Å². The highest BCUT2D eigenvalue weighted by molar-refractivity contribution is 9.11. The van der Waals surface area contributed by atoms with E-state index in [1.807, 2.05) is 24.4 Å². The molecule has 0 fully saturated rings. The second-order valence-electron chi connectivity index (χ2n) is 3.70. The minimum Gasteiger partial charge on any atom is -0.211 e. The van der Waals surface area contributed by atoms with Gasteiger partial charge in [-0.2, -0.15) is 0 Å². The maximum atomic E-state index is 12.1. The average Bonchev–Trinajstić information content (AvgIpc) is 2.88. The van der Waals surface area contributed by atoms with Gasteiger partial charge in [0.1, 0.15) is 0 Å². The molecule has 0 unspecified atom stereocenters. The standard InChI is InChI=1S/C11H12BrNO2S3/c1-8-10(7-11(12)17-8)18(14,15)13-5-4-9-3-2-6-16-9/h2-3,6-7,13H,4-5H2,1H3. The van der Waals surface area contributed by atoms with Crippen molar-refractivity contribution in [2.45, 2.75) is 18.2 Å². The number of hydrogen-bond acceptors (Lipinski definition) is 4. The fraction of sp³-hybridized carbons (Fsp3) is 0.273. The molecule has 0 aliphatic carbocycles. The van der Waals surface area contributed by atoms with E-state index in [4.69, 9.17) is 0 Å². The van der Waals surface area contributed by atoms with Crippen molar-refractivity contribution >= 4 is 48.6 Å². The smallest absolute Gasteiger partial charge is 0.211 e. The van der Waals surface area contributed by atoms with Crippen molar-refractivity contribution in [3.63, 3.8) is 0 Å². The third kappa shape index (κ3) is 3.42. The number of aryl methyl sites for hydroxylation is 1. The van der Waals surface area contributed by atoms with Crippen LogP contribution in [0.25, 0.3) is 0 Å². The Morgan fingerprint density at radius 1 is 1.44 bits per heavy atom. The predicted molar refractivity (Wildman–Crippen MR) is 80.0 cm³/mol. The molecular weight excluding hydrogens is 354 g/mol. The van der Waals surface area contributed by atoms with Crippen LogP contribution in [-0.4, -0.2) is 15.0 Å². The van der Waals surface area contributed by atoms with Gasteiger partial charge < -0.3 is 0 Å². The number of halogens is 1. The first kappa shape index (κ1) is 14.2. The molecule has 0 saturated heterocycles. The van der Waals surface area contributed by atoms with Crippen molar-refractivity contribution in [1.29, 1.82) is 0 Å². The van der Waals surface area contributed by atoms with E-state index in [0.29, 0.717) is 11.4 Å². The van der Waals surface area contributed by atoms with Crippen LogP contribution < -0.4 is 4.72 Å². The van der Waals surface area contributed by atoms with Crippen molar-refractivity contribution in [3.05, 3.63) is 37.1 Å². The lowest BCUT2D eigenvalue weighted by molar-refractivity contribution is 0.581. The van der Waals surface area contributed by atoms with E-state index < -0.39 is 10.0 Å². The van der Waals surface area contributed by atoms with Crippen LogP contribution in [0.2, 0.25) is 0 Å². The molecular formula is C11H12BrNO2S3. The van der Waals surface area contributed by atoms with Gasteiger partial charge in [0.25, 0.3) is 0 Å². The molecule has 0 aromatic carbocycles. The van der Waals surface area contributed by atoms with Crippen LogP contribution in [0.15, 0.2) is 32.3 Å². The summed E-state index contributed by atoms with van der Waals surface area (Å²) in [5, 5.41) is 1.99. The zero-order chi connectivity index (χ0) is 13.2. The molecule has 0 saturated carbocycles. The van der Waals surface area contributed by atoms with Crippen LogP contribution in [0.3, 0.4) is 0 Å². The van der Waals surface area contributed by atoms with Gasteiger partial charge in [-0.1, -0.05) is 6.07 Å². The normalized spacial score (nSPS) is 11.9. The summed E-state index contributed by atoms with van der Waals surface area (Å²) in [6.07, 6.45) is 0.723. The second kappa shape index (κ2) is 5.83. The first-order chi connectivity index (χ1) is 8.49. The first-order valence-electron chi connectivity index (χ1n) is 5.27. The Hall–Kier alpha value is -0.210. The molecule has 0 atom stereocenters. The van der Waals surface area contributed by atoms with Crippen LogP contribution >= 0.6 is 38.6 Å². The van der Waals surface area contributed by atoms with Crippen molar-refractivity contribution < 1.29 is 8.42 Å². The summed E-state index contributed by atoms with van der Waals surface area (Å²) < 4.78 is 27.6. The number of nitrogens with one attached hydrogen (secondary N) is 1. The van der Waals surface area contributed by atoms with Crippen molar-refractivity contribution in [1.82, 2.24) is 4.72 Å². The maximum Gasteiger partial charge on any atom is 0.241 e. The summed E-state index contributed by atoms with van der Waals surface area (Å²) in [6.45, 7) is 2.24. The Balaban J connectivity index is 2.02. The Morgan fingerprint density at radius 3 is 2.78 bits per heavy atom. The maximum absolute atomic E-state index is 12.1. The van der Waals surface area contributed by atoms with E-state index in [9.17, 15) is 8.42 Å². The predicted octanol–water partition coefficient (Wildman–Crippen LogP) is 3.40. The molecule has 0 spiro atoms. The van der Waals surface area contributed by atoms with Crippen molar-refractivity contribution in [2.24, 2.45) is 0 Å². The molecule has 0 bridgehead atoms. The van der Waals surface area contributed by atoms with E-state index in [0.717, 1.165) is 15.1 Å². The van der Waals surface area contributed by atoms with Gasteiger partial charge in [0, 0.05) is 16.3 Å². The lowest BCUT2D eigenvalue weighted by Crippen LogP contribution is -2.25. The molecule has 7 heteroatoms. The first-order valence-corrected chi connectivity index (χ1v) is 9.24. The summed E-state index contributed by atoms with van der Waals surface area (Å²) in [5.41, 5.74) is 0. The third-order valence-electron chi connectivity index (χ3n) is 2.38. The number of hydrogen-bond donors (Lipinski definition) is 1. The molecule has 1 N–H and O–H groups in total. The molecule has 3 nitrogen and oxygen atoms in total. The number of rotatable bonds is 5. The summed E-state index contributed by atoms with van der Waals surface area (Å²) in [7, 11) is -3.39. The molecule has 2 aromatic rings. The van der Waals surface area contributed by atoms with E-state index in [1.165, 1.54) is 16.2 Å². The Labute approximate surface area is 123 Å². The SMILES string of the molecule is Cc1sc(Br)cc1S(=O)(=O)NCCc1cccs1. The zero-order valence-corrected chi connectivity index (χ0v) is 13.7. The largest absolute Gasteiger partial charge is 0.241 e. The minimum absolute atomic E-state index is 0.366. The van der Waals surface area contributed by atoms with Crippen LogP contribution in [0.1, 0.15) is 9.75 Å². The van der Waals surface area contributed by atoms with E-state index in [1.54, 1.807) is 17.4 Å². The highest BCUT2D eigenvalue weighted by atomic mass is 79.9. The van der Waals surface area contributed by atoms with E-state index in [2.05, 4.69) is 20.7 Å². The van der Waals surface area contributed by atoms with Crippen LogP contribution in [-0.2, 0) is 16.4 Å². The molecule has 0 aliphatic rings. The Bertz CT molecular complexity index is 617. The second-order valence-corrected chi connectivity index (χ2v) is 9.10. The van der Waals surface area contributed by atoms with Crippen LogP contribution in [0.4, 0.5) is 0 Å². The fourth-order valence-electron chi connectivity index (χ4n) is 1.54. The summed E-state index contributed by atoms with van der Waals surface area (Å²) >= 11 is 6.37. The highest BCUT2D eigenvalue weighted by Gasteiger charge is 2.18. The molecule has 2 aromatic heterocycles. The lowest BCUT2D eigenvalue weighted by atomic mass is 10.3. The van der Waals surface area contributed by atoms with Gasteiger partial charge in [-0.15, -0.1) is 22.7 Å². The Morgan fingerprint density at radius 2 is 2.22 bits per heavy atom. The minimum atomic E-state index is -3.39. The van der Waals surface area contributed by atoms with Crippen molar-refractivity contribution in [2.75, 3.05) is 6.54 Å². The fourth-order valence-corrected chi connectivity index (χ4v) is 5.69. The van der Waals surface area contributed by atoms with E-state index >= 15 is 0 Å². The van der Waals surface area contributed by atoms with Crippen molar-refractivity contribution in [3.8, 4) is 0 Å². The number of sulfonamides is 1. The van der Waals surface area contributed by atoms with Gasteiger partial charge >= 0.3 is 0 Å². The third-order valence-corrected chi connectivity index (χ3v) is 6.58. The van der Waals surface area contributed by atoms with Gasteiger partial charge in [0.15, 0.2) is 0 Å². The molecule has 2 rings (SSSR count). The van der Waals surface area contributed by atoms with Gasteiger partial charge in [-0.05, 0) is 46.8 Å². The monoisotopic (exact) mass is 365 g/mol. The van der Waals surface area contributed by atoms with Crippen LogP contribution in [0.5, 0.6) is 0 Å². The topological polar surface area (TPSA) is 46.2 Å². The molecule has 0 radical (unpaired) electrons. The van der Waals surface area contributed by atoms with E-state index in [-0.39, 0.29) is 0 Å².